The monoisotopic (exact) mass is 504 g/mol. The zero-order valence-electron chi connectivity index (χ0n) is 19.6. The number of anilines is 2. The predicted molar refractivity (Wildman–Crippen MR) is 136 cm³/mol. The van der Waals surface area contributed by atoms with Gasteiger partial charge in [-0.15, -0.1) is 11.8 Å². The number of hydrogen-bond donors (Lipinski definition) is 0. The fourth-order valence-electron chi connectivity index (χ4n) is 4.66. The summed E-state index contributed by atoms with van der Waals surface area (Å²) in [5.41, 5.74) is 1.90. The Morgan fingerprint density at radius 3 is 1.89 bits per heavy atom. The van der Waals surface area contributed by atoms with E-state index in [1.807, 2.05) is 30.5 Å². The zero-order chi connectivity index (χ0) is 24.6. The highest BCUT2D eigenvalue weighted by Gasteiger charge is 2.42. The molecule has 9 heteroatoms. The number of nitrogens with zero attached hydrogens (tertiary/aromatic N) is 2. The van der Waals surface area contributed by atoms with Crippen LogP contribution in [0.3, 0.4) is 0 Å². The molecule has 3 heterocycles. The minimum absolute atomic E-state index is 0.105. The maximum absolute atomic E-state index is 14.1. The molecule has 0 radical (unpaired) electrons. The molecule has 184 valence electrons. The SMILES string of the molecule is CSc1ccc([C@H]2C(=O)N(c3ccc4c(c3)OCCO4)CC(=O)N2c2ccc3c(c2)OCCO3)cc1. The molecule has 36 heavy (non-hydrogen) atoms. The van der Waals surface area contributed by atoms with Gasteiger partial charge >= 0.3 is 0 Å². The van der Waals surface area contributed by atoms with Crippen molar-refractivity contribution in [1.82, 2.24) is 0 Å². The van der Waals surface area contributed by atoms with Crippen LogP contribution in [0.2, 0.25) is 0 Å². The van der Waals surface area contributed by atoms with E-state index in [9.17, 15) is 9.59 Å². The molecule has 0 aromatic heterocycles. The third-order valence-electron chi connectivity index (χ3n) is 6.39. The van der Waals surface area contributed by atoms with Crippen molar-refractivity contribution in [3.05, 3.63) is 66.2 Å². The van der Waals surface area contributed by atoms with Gasteiger partial charge in [-0.25, -0.2) is 0 Å². The smallest absolute Gasteiger partial charge is 0.255 e. The maximum atomic E-state index is 14.1. The number of thioether (sulfide) groups is 1. The van der Waals surface area contributed by atoms with Crippen LogP contribution in [0.1, 0.15) is 11.6 Å². The molecular weight excluding hydrogens is 480 g/mol. The van der Waals surface area contributed by atoms with Gasteiger partial charge in [0.15, 0.2) is 23.0 Å². The number of rotatable bonds is 4. The highest BCUT2D eigenvalue weighted by atomic mass is 32.2. The highest BCUT2D eigenvalue weighted by molar-refractivity contribution is 7.98. The van der Waals surface area contributed by atoms with Gasteiger partial charge in [0, 0.05) is 28.4 Å². The van der Waals surface area contributed by atoms with Crippen LogP contribution in [0, 0.1) is 0 Å². The Labute approximate surface area is 212 Å². The number of carbonyl (C=O) groups excluding carboxylic acids is 2. The Hall–Kier alpha value is -3.85. The van der Waals surface area contributed by atoms with Crippen LogP contribution in [0.5, 0.6) is 23.0 Å². The minimum atomic E-state index is -0.849. The average Bonchev–Trinajstić information content (AvgIpc) is 2.93. The van der Waals surface area contributed by atoms with Crippen LogP contribution >= 0.6 is 11.8 Å². The van der Waals surface area contributed by atoms with Gasteiger partial charge in [-0.1, -0.05) is 12.1 Å². The summed E-state index contributed by atoms with van der Waals surface area (Å²) in [5.74, 6) is 1.96. The van der Waals surface area contributed by atoms with Crippen LogP contribution in [0.15, 0.2) is 65.6 Å². The van der Waals surface area contributed by atoms with Crippen molar-refractivity contribution in [3.8, 4) is 23.0 Å². The molecule has 1 fully saturated rings. The van der Waals surface area contributed by atoms with Crippen molar-refractivity contribution in [2.45, 2.75) is 10.9 Å². The lowest BCUT2D eigenvalue weighted by atomic mass is 9.99. The molecule has 0 N–H and O–H groups in total. The van der Waals surface area contributed by atoms with Crippen LogP contribution in [0.25, 0.3) is 0 Å². The van der Waals surface area contributed by atoms with Crippen LogP contribution < -0.4 is 28.7 Å². The number of benzene rings is 3. The number of fused-ring (bicyclic) bond motifs is 2. The van der Waals surface area contributed by atoms with Gasteiger partial charge in [0.1, 0.15) is 39.0 Å². The van der Waals surface area contributed by atoms with E-state index < -0.39 is 6.04 Å². The summed E-state index contributed by atoms with van der Waals surface area (Å²) in [6, 6.07) is 17.5. The normalized spacial score (nSPS) is 18.9. The van der Waals surface area contributed by atoms with E-state index in [4.69, 9.17) is 18.9 Å². The Morgan fingerprint density at radius 1 is 0.722 bits per heavy atom. The molecule has 8 nitrogen and oxygen atoms in total. The second-order valence-electron chi connectivity index (χ2n) is 8.52. The summed E-state index contributed by atoms with van der Waals surface area (Å²) in [6.07, 6.45) is 2.00. The molecule has 0 aliphatic carbocycles. The molecule has 0 unspecified atom stereocenters. The average molecular weight is 505 g/mol. The van der Waals surface area contributed by atoms with Crippen molar-refractivity contribution in [2.24, 2.45) is 0 Å². The van der Waals surface area contributed by atoms with Crippen molar-refractivity contribution in [3.63, 3.8) is 0 Å². The van der Waals surface area contributed by atoms with Crippen molar-refractivity contribution in [1.29, 1.82) is 0 Å². The molecule has 3 aliphatic rings. The van der Waals surface area contributed by atoms with Crippen molar-refractivity contribution in [2.75, 3.05) is 49.0 Å². The van der Waals surface area contributed by atoms with E-state index in [1.165, 1.54) is 4.90 Å². The van der Waals surface area contributed by atoms with E-state index in [0.717, 1.165) is 10.5 Å². The first kappa shape index (κ1) is 22.6. The van der Waals surface area contributed by atoms with E-state index in [1.54, 1.807) is 53.1 Å². The van der Waals surface area contributed by atoms with E-state index >= 15 is 0 Å². The largest absolute Gasteiger partial charge is 0.486 e. The standard InChI is InChI=1S/C27H24N2O6S/c1-36-20-6-2-17(3-7-20)26-27(31)28(18-4-8-21-23(14-18)34-12-10-32-21)16-25(30)29(26)19-5-9-22-24(15-19)35-13-11-33-22/h2-9,14-15,26H,10-13,16H2,1H3/t26-/m0/s1. The van der Waals surface area contributed by atoms with Crippen LogP contribution in [-0.4, -0.2) is 51.0 Å². The number of hydrogen-bond acceptors (Lipinski definition) is 7. The van der Waals surface area contributed by atoms with Crippen molar-refractivity contribution >= 4 is 35.0 Å². The summed E-state index contributed by atoms with van der Waals surface area (Å²) in [6.45, 7) is 1.72. The molecule has 3 aliphatic heterocycles. The Kier molecular flexibility index (Phi) is 5.85. The summed E-state index contributed by atoms with van der Waals surface area (Å²) in [5, 5.41) is 0. The van der Waals surface area contributed by atoms with Crippen molar-refractivity contribution < 1.29 is 28.5 Å². The zero-order valence-corrected chi connectivity index (χ0v) is 20.5. The number of carbonyl (C=O) groups is 2. The molecule has 1 saturated heterocycles. The van der Waals surface area contributed by atoms with Gasteiger partial charge in [-0.05, 0) is 48.2 Å². The third-order valence-corrected chi connectivity index (χ3v) is 7.14. The summed E-state index contributed by atoms with van der Waals surface area (Å²) in [4.78, 5) is 31.9. The highest BCUT2D eigenvalue weighted by Crippen LogP contribution is 2.41. The molecule has 0 bridgehead atoms. The number of ether oxygens (including phenoxy) is 4. The summed E-state index contributed by atoms with van der Waals surface area (Å²) >= 11 is 1.62. The molecule has 6 rings (SSSR count). The van der Waals surface area contributed by atoms with Gasteiger partial charge in [0.25, 0.3) is 5.91 Å². The second kappa shape index (κ2) is 9.31. The second-order valence-corrected chi connectivity index (χ2v) is 9.40. The summed E-state index contributed by atoms with van der Waals surface area (Å²) < 4.78 is 22.7. The minimum Gasteiger partial charge on any atom is -0.486 e. The van der Waals surface area contributed by atoms with Gasteiger partial charge in [-0.2, -0.15) is 0 Å². The molecular formula is C27H24N2O6S. The lowest BCUT2D eigenvalue weighted by molar-refractivity contribution is -0.128. The first-order valence-electron chi connectivity index (χ1n) is 11.7. The first-order valence-corrected chi connectivity index (χ1v) is 12.9. The third kappa shape index (κ3) is 3.99. The number of amides is 2. The fraction of sp³-hybridized carbons (Fsp3) is 0.259. The fourth-order valence-corrected chi connectivity index (χ4v) is 5.07. The van der Waals surface area contributed by atoms with Gasteiger partial charge in [-0.3, -0.25) is 14.5 Å². The Balaban J connectivity index is 1.41. The molecule has 0 spiro atoms. The predicted octanol–water partition coefficient (Wildman–Crippen LogP) is 4.07. The van der Waals surface area contributed by atoms with Gasteiger partial charge in [0.2, 0.25) is 5.91 Å². The topological polar surface area (TPSA) is 77.5 Å². The Morgan fingerprint density at radius 2 is 1.28 bits per heavy atom. The lowest BCUT2D eigenvalue weighted by Gasteiger charge is -2.41. The number of piperazine rings is 1. The molecule has 3 aromatic carbocycles. The van der Waals surface area contributed by atoms with Gasteiger partial charge in [0.05, 0.1) is 0 Å². The molecule has 2 amide bonds. The van der Waals surface area contributed by atoms with E-state index in [2.05, 4.69) is 0 Å². The summed E-state index contributed by atoms with van der Waals surface area (Å²) in [7, 11) is 0. The molecule has 1 atom stereocenters. The van der Waals surface area contributed by atoms with Crippen LogP contribution in [0.4, 0.5) is 11.4 Å². The maximum Gasteiger partial charge on any atom is 0.255 e. The molecule has 0 saturated carbocycles. The lowest BCUT2D eigenvalue weighted by Crippen LogP contribution is -2.56. The molecule has 3 aromatic rings. The van der Waals surface area contributed by atoms with Gasteiger partial charge < -0.3 is 23.8 Å². The van der Waals surface area contributed by atoms with Crippen LogP contribution in [-0.2, 0) is 9.59 Å². The quantitative estimate of drug-likeness (QED) is 0.496. The Bertz CT molecular complexity index is 1330. The van der Waals surface area contributed by atoms with E-state index in [0.29, 0.717) is 60.8 Å². The first-order chi connectivity index (χ1) is 17.6. The van der Waals surface area contributed by atoms with E-state index in [-0.39, 0.29) is 18.4 Å².